The molecule has 0 amide bonds. The topological polar surface area (TPSA) is 55.3 Å². The molecule has 1 aromatic heterocycles. The molecule has 2 heterocycles. The monoisotopic (exact) mass is 195 g/mol. The lowest BCUT2D eigenvalue weighted by molar-refractivity contribution is 0.283. The van der Waals surface area contributed by atoms with Gasteiger partial charge >= 0.3 is 0 Å². The molecule has 1 aliphatic heterocycles. The summed E-state index contributed by atoms with van der Waals surface area (Å²) in [7, 11) is 0. The lowest BCUT2D eigenvalue weighted by atomic mass is 10.3. The SMILES string of the molecule is CCc1cnc(CN2CC[C@@H](N)C2)o1. The van der Waals surface area contributed by atoms with Crippen molar-refractivity contribution in [2.45, 2.75) is 32.4 Å². The number of rotatable bonds is 3. The van der Waals surface area contributed by atoms with Gasteiger partial charge in [-0.05, 0) is 6.42 Å². The molecular weight excluding hydrogens is 178 g/mol. The lowest BCUT2D eigenvalue weighted by Crippen LogP contribution is -2.26. The van der Waals surface area contributed by atoms with Gasteiger partial charge in [0.1, 0.15) is 5.76 Å². The van der Waals surface area contributed by atoms with E-state index in [1.54, 1.807) is 0 Å². The smallest absolute Gasteiger partial charge is 0.208 e. The molecule has 0 aromatic carbocycles. The van der Waals surface area contributed by atoms with Gasteiger partial charge in [0.05, 0.1) is 12.7 Å². The summed E-state index contributed by atoms with van der Waals surface area (Å²) in [4.78, 5) is 6.51. The number of nitrogens with zero attached hydrogens (tertiary/aromatic N) is 2. The van der Waals surface area contributed by atoms with E-state index in [1.807, 2.05) is 6.20 Å². The van der Waals surface area contributed by atoms with Crippen LogP contribution in [0.2, 0.25) is 0 Å². The van der Waals surface area contributed by atoms with Crippen LogP contribution in [0.1, 0.15) is 25.0 Å². The third-order valence-electron chi connectivity index (χ3n) is 2.62. The van der Waals surface area contributed by atoms with Crippen molar-refractivity contribution in [2.75, 3.05) is 13.1 Å². The highest BCUT2D eigenvalue weighted by Gasteiger charge is 2.20. The maximum atomic E-state index is 5.82. The van der Waals surface area contributed by atoms with Crippen molar-refractivity contribution < 1.29 is 4.42 Å². The van der Waals surface area contributed by atoms with Gasteiger partial charge in [0.2, 0.25) is 5.89 Å². The number of hydrogen-bond acceptors (Lipinski definition) is 4. The predicted molar refractivity (Wildman–Crippen MR) is 53.8 cm³/mol. The zero-order valence-electron chi connectivity index (χ0n) is 8.57. The van der Waals surface area contributed by atoms with Crippen LogP contribution in [0.25, 0.3) is 0 Å². The second-order valence-electron chi connectivity index (χ2n) is 3.86. The summed E-state index contributed by atoms with van der Waals surface area (Å²) >= 11 is 0. The Bertz CT molecular complexity index is 297. The standard InChI is InChI=1S/C10H17N3O/c1-2-9-5-12-10(14-9)7-13-4-3-8(11)6-13/h5,8H,2-4,6-7,11H2,1H3/t8-/m1/s1. The first kappa shape index (κ1) is 9.68. The van der Waals surface area contributed by atoms with Crippen molar-refractivity contribution >= 4 is 0 Å². The van der Waals surface area contributed by atoms with E-state index in [0.29, 0.717) is 6.04 Å². The van der Waals surface area contributed by atoms with E-state index in [4.69, 9.17) is 10.2 Å². The number of aryl methyl sites for hydroxylation is 1. The summed E-state index contributed by atoms with van der Waals surface area (Å²) in [6.07, 6.45) is 3.80. The quantitative estimate of drug-likeness (QED) is 0.774. The van der Waals surface area contributed by atoms with Crippen molar-refractivity contribution in [3.63, 3.8) is 0 Å². The van der Waals surface area contributed by atoms with Gasteiger partial charge in [0, 0.05) is 25.6 Å². The van der Waals surface area contributed by atoms with Crippen LogP contribution in [-0.4, -0.2) is 29.0 Å². The second-order valence-corrected chi connectivity index (χ2v) is 3.86. The Morgan fingerprint density at radius 2 is 2.57 bits per heavy atom. The molecule has 1 fully saturated rings. The van der Waals surface area contributed by atoms with Crippen LogP contribution in [0, 0.1) is 0 Å². The Kier molecular flexibility index (Phi) is 2.84. The van der Waals surface area contributed by atoms with Gasteiger partial charge < -0.3 is 10.2 Å². The summed E-state index contributed by atoms with van der Waals surface area (Å²) < 4.78 is 5.54. The number of likely N-dealkylation sites (tertiary alicyclic amines) is 1. The molecule has 1 atom stereocenters. The number of oxazole rings is 1. The fraction of sp³-hybridized carbons (Fsp3) is 0.700. The average Bonchev–Trinajstić information content (AvgIpc) is 2.76. The summed E-state index contributed by atoms with van der Waals surface area (Å²) in [6, 6.07) is 0.329. The normalized spacial score (nSPS) is 23.1. The molecule has 0 saturated carbocycles. The van der Waals surface area contributed by atoms with Crippen LogP contribution >= 0.6 is 0 Å². The van der Waals surface area contributed by atoms with E-state index in [9.17, 15) is 0 Å². The highest BCUT2D eigenvalue weighted by molar-refractivity contribution is 4.94. The van der Waals surface area contributed by atoms with Gasteiger partial charge in [-0.1, -0.05) is 6.92 Å². The number of nitrogens with two attached hydrogens (primary N) is 1. The molecule has 1 saturated heterocycles. The molecule has 2 N–H and O–H groups in total. The predicted octanol–water partition coefficient (Wildman–Crippen LogP) is 0.770. The van der Waals surface area contributed by atoms with Crippen LogP contribution in [0.3, 0.4) is 0 Å². The first-order valence-corrected chi connectivity index (χ1v) is 5.19. The van der Waals surface area contributed by atoms with Crippen LogP contribution < -0.4 is 5.73 Å². The molecule has 4 heteroatoms. The highest BCUT2D eigenvalue weighted by Crippen LogP contribution is 2.12. The van der Waals surface area contributed by atoms with Gasteiger partial charge in [-0.15, -0.1) is 0 Å². The first-order chi connectivity index (χ1) is 6.78. The zero-order chi connectivity index (χ0) is 9.97. The molecule has 14 heavy (non-hydrogen) atoms. The third-order valence-corrected chi connectivity index (χ3v) is 2.62. The van der Waals surface area contributed by atoms with Crippen molar-refractivity contribution in [3.05, 3.63) is 17.8 Å². The van der Waals surface area contributed by atoms with E-state index in [1.165, 1.54) is 0 Å². The number of aromatic nitrogens is 1. The van der Waals surface area contributed by atoms with Gasteiger partial charge in [0.25, 0.3) is 0 Å². The molecule has 78 valence electrons. The molecule has 1 aliphatic rings. The lowest BCUT2D eigenvalue weighted by Gasteiger charge is -2.11. The van der Waals surface area contributed by atoms with Crippen LogP contribution in [-0.2, 0) is 13.0 Å². The molecule has 0 unspecified atom stereocenters. The minimum Gasteiger partial charge on any atom is -0.444 e. The average molecular weight is 195 g/mol. The van der Waals surface area contributed by atoms with Gasteiger partial charge in [-0.3, -0.25) is 4.90 Å². The van der Waals surface area contributed by atoms with Gasteiger partial charge in [-0.2, -0.15) is 0 Å². The Morgan fingerprint density at radius 1 is 1.71 bits per heavy atom. The third kappa shape index (κ3) is 2.13. The minimum absolute atomic E-state index is 0.329. The Balaban J connectivity index is 1.90. The maximum Gasteiger partial charge on any atom is 0.208 e. The first-order valence-electron chi connectivity index (χ1n) is 5.19. The highest BCUT2D eigenvalue weighted by atomic mass is 16.4. The van der Waals surface area contributed by atoms with E-state index in [2.05, 4.69) is 16.8 Å². The summed E-state index contributed by atoms with van der Waals surface area (Å²) in [5.41, 5.74) is 5.82. The van der Waals surface area contributed by atoms with Crippen LogP contribution in [0.5, 0.6) is 0 Å². The van der Waals surface area contributed by atoms with Crippen molar-refractivity contribution in [3.8, 4) is 0 Å². The molecular formula is C10H17N3O. The van der Waals surface area contributed by atoms with Crippen molar-refractivity contribution in [1.82, 2.24) is 9.88 Å². The zero-order valence-corrected chi connectivity index (χ0v) is 8.57. The largest absolute Gasteiger partial charge is 0.444 e. The molecule has 0 radical (unpaired) electrons. The Morgan fingerprint density at radius 3 is 3.14 bits per heavy atom. The van der Waals surface area contributed by atoms with E-state index in [-0.39, 0.29) is 0 Å². The van der Waals surface area contributed by atoms with E-state index >= 15 is 0 Å². The van der Waals surface area contributed by atoms with Crippen molar-refractivity contribution in [1.29, 1.82) is 0 Å². The summed E-state index contributed by atoms with van der Waals surface area (Å²) in [6.45, 7) is 4.89. The number of hydrogen-bond donors (Lipinski definition) is 1. The summed E-state index contributed by atoms with van der Waals surface area (Å²) in [5.74, 6) is 1.78. The Hall–Kier alpha value is -0.870. The van der Waals surface area contributed by atoms with Crippen molar-refractivity contribution in [2.24, 2.45) is 5.73 Å². The van der Waals surface area contributed by atoms with Gasteiger partial charge in [0.15, 0.2) is 0 Å². The maximum absolute atomic E-state index is 5.82. The molecule has 2 rings (SSSR count). The van der Waals surface area contributed by atoms with E-state index in [0.717, 1.165) is 44.1 Å². The van der Waals surface area contributed by atoms with Crippen LogP contribution in [0.15, 0.2) is 10.6 Å². The fourth-order valence-electron chi connectivity index (χ4n) is 1.78. The fourth-order valence-corrected chi connectivity index (χ4v) is 1.78. The molecule has 1 aromatic rings. The molecule has 0 spiro atoms. The second kappa shape index (κ2) is 4.11. The van der Waals surface area contributed by atoms with E-state index < -0.39 is 0 Å². The summed E-state index contributed by atoms with van der Waals surface area (Å²) in [5, 5.41) is 0. The Labute approximate surface area is 84.1 Å². The molecule has 0 bridgehead atoms. The molecule has 0 aliphatic carbocycles. The molecule has 4 nitrogen and oxygen atoms in total. The minimum atomic E-state index is 0.329. The van der Waals surface area contributed by atoms with Gasteiger partial charge in [-0.25, -0.2) is 4.98 Å². The van der Waals surface area contributed by atoms with Crippen LogP contribution in [0.4, 0.5) is 0 Å².